The molecule has 0 aliphatic carbocycles. The van der Waals surface area contributed by atoms with Crippen LogP contribution in [0.1, 0.15) is 18.9 Å². The molecule has 0 fully saturated rings. The maximum Gasteiger partial charge on any atom is 0.206 e. The molecule has 0 unspecified atom stereocenters. The maximum atomic E-state index is 4.05. The molecule has 38 heavy (non-hydrogen) atoms. The Bertz CT molecular complexity index is 1190. The monoisotopic (exact) mass is 534 g/mol. The molecule has 2 heterocycles. The number of thiazole rings is 1. The summed E-state index contributed by atoms with van der Waals surface area (Å²) in [4.78, 5) is 7.25. The Morgan fingerprint density at radius 3 is 1.32 bits per heavy atom. The van der Waals surface area contributed by atoms with Crippen molar-refractivity contribution in [2.45, 2.75) is 20.3 Å². The Labute approximate surface area is 235 Å². The normalized spacial score (nSPS) is 12.4. The molecule has 0 amide bonds. The number of benzene rings is 4. The third-order valence-electron chi connectivity index (χ3n) is 6.78. The molecule has 0 saturated carbocycles. The summed E-state index contributed by atoms with van der Waals surface area (Å²) in [6, 6.07) is 43.5. The van der Waals surface area contributed by atoms with Crippen molar-refractivity contribution in [3.8, 4) is 0 Å². The van der Waals surface area contributed by atoms with Crippen LogP contribution in [-0.2, 0) is 6.42 Å². The van der Waals surface area contributed by atoms with Gasteiger partial charge in [0.25, 0.3) is 0 Å². The lowest BCUT2D eigenvalue weighted by atomic mass is 9.13. The number of thioether (sulfide) groups is 1. The van der Waals surface area contributed by atoms with Crippen LogP contribution in [0.2, 0.25) is 0 Å². The third-order valence-corrected chi connectivity index (χ3v) is 8.69. The van der Waals surface area contributed by atoms with E-state index in [2.05, 4.69) is 145 Å². The largest absolute Gasteiger partial charge is 0.250 e. The first-order chi connectivity index (χ1) is 18.7. The van der Waals surface area contributed by atoms with Gasteiger partial charge in [0.05, 0.1) is 10.8 Å². The highest BCUT2D eigenvalue weighted by molar-refractivity contribution is 8.13. The van der Waals surface area contributed by atoms with Gasteiger partial charge in [-0.3, -0.25) is 0 Å². The minimum absolute atomic E-state index is 1.07. The molecule has 0 atom stereocenters. The van der Waals surface area contributed by atoms with E-state index in [1.165, 1.54) is 37.7 Å². The van der Waals surface area contributed by atoms with Gasteiger partial charge in [-0.1, -0.05) is 140 Å². The van der Waals surface area contributed by atoms with E-state index >= 15 is 0 Å². The molecular weight excluding hydrogens is 499 g/mol. The van der Waals surface area contributed by atoms with Gasteiger partial charge in [0.1, 0.15) is 6.15 Å². The minimum Gasteiger partial charge on any atom is -0.250 e. The van der Waals surface area contributed by atoms with Crippen LogP contribution in [0, 0.1) is 0 Å². The van der Waals surface area contributed by atoms with Gasteiger partial charge in [0.2, 0.25) is 5.04 Å². The molecule has 1 aliphatic rings. The molecule has 6 rings (SSSR count). The third kappa shape index (κ3) is 6.92. The van der Waals surface area contributed by atoms with Gasteiger partial charge < -0.3 is 0 Å². The van der Waals surface area contributed by atoms with Crippen molar-refractivity contribution in [1.82, 2.24) is 4.98 Å². The number of rotatable bonds is 5. The Morgan fingerprint density at radius 2 is 1.11 bits per heavy atom. The molecule has 5 aromatic rings. The summed E-state index contributed by atoms with van der Waals surface area (Å²) in [7, 11) is 0. The van der Waals surface area contributed by atoms with Gasteiger partial charge >= 0.3 is 0 Å². The molecule has 0 saturated heterocycles. The summed E-state index contributed by atoms with van der Waals surface area (Å²) >= 11 is 3.61. The summed E-state index contributed by atoms with van der Waals surface area (Å²) in [6.45, 7) is 5.38. The molecule has 1 aliphatic heterocycles. The summed E-state index contributed by atoms with van der Waals surface area (Å²) in [5, 5.41) is 4.59. The molecule has 0 bridgehead atoms. The van der Waals surface area contributed by atoms with Gasteiger partial charge in [0.15, 0.2) is 6.54 Å². The van der Waals surface area contributed by atoms with E-state index < -0.39 is 6.15 Å². The molecule has 0 radical (unpaired) electrons. The van der Waals surface area contributed by atoms with Crippen molar-refractivity contribution in [2.75, 3.05) is 12.3 Å². The van der Waals surface area contributed by atoms with E-state index in [0.717, 1.165) is 13.0 Å². The number of hydrogen-bond donors (Lipinski definition) is 1. The van der Waals surface area contributed by atoms with Gasteiger partial charge in [-0.15, -0.1) is 11.3 Å². The van der Waals surface area contributed by atoms with Crippen LogP contribution in [0.4, 0.5) is 0 Å². The molecule has 1 aromatic heterocycles. The predicted octanol–water partition coefficient (Wildman–Crippen LogP) is 4.00. The fourth-order valence-electron chi connectivity index (χ4n) is 5.03. The molecular formula is C33H35BN2S2. The second-order valence-electron chi connectivity index (χ2n) is 9.12. The van der Waals surface area contributed by atoms with Crippen molar-refractivity contribution in [1.29, 1.82) is 0 Å². The van der Waals surface area contributed by atoms with E-state index in [-0.39, 0.29) is 0 Å². The van der Waals surface area contributed by atoms with Gasteiger partial charge in [-0.25, -0.2) is 9.98 Å². The molecule has 4 aromatic carbocycles. The van der Waals surface area contributed by atoms with Crippen LogP contribution in [-0.4, -0.2) is 28.5 Å². The van der Waals surface area contributed by atoms with E-state index in [9.17, 15) is 0 Å². The highest BCUT2D eigenvalue weighted by atomic mass is 32.2. The van der Waals surface area contributed by atoms with Crippen molar-refractivity contribution in [2.24, 2.45) is 0 Å². The second-order valence-corrected chi connectivity index (χ2v) is 11.4. The van der Waals surface area contributed by atoms with Crippen LogP contribution in [0.25, 0.3) is 0 Å². The Balaban J connectivity index is 0.000000211. The molecule has 2 nitrogen and oxygen atoms in total. The molecule has 192 valence electrons. The first kappa shape index (κ1) is 27.6. The van der Waals surface area contributed by atoms with Gasteiger partial charge in [0, 0.05) is 18.5 Å². The zero-order chi connectivity index (χ0) is 26.5. The second kappa shape index (κ2) is 14.5. The lowest BCUT2D eigenvalue weighted by molar-refractivity contribution is -0.444. The number of hydrogen-bond acceptors (Lipinski definition) is 3. The van der Waals surface area contributed by atoms with Crippen LogP contribution >= 0.6 is 23.1 Å². The topological polar surface area (TPSA) is 26.9 Å². The Kier molecular flexibility index (Phi) is 10.5. The fraction of sp³-hybridized carbons (Fsp3) is 0.152. The maximum absolute atomic E-state index is 4.05. The average molecular weight is 535 g/mol. The number of aromatic nitrogens is 1. The van der Waals surface area contributed by atoms with Crippen molar-refractivity contribution in [3.63, 3.8) is 0 Å². The van der Waals surface area contributed by atoms with Crippen molar-refractivity contribution >= 4 is 56.1 Å². The molecule has 0 spiro atoms. The van der Waals surface area contributed by atoms with Gasteiger partial charge in [-0.2, -0.15) is 21.9 Å². The molecule has 1 N–H and O–H groups in total. The fourth-order valence-corrected chi connectivity index (χ4v) is 6.31. The molecule has 5 heteroatoms. The summed E-state index contributed by atoms with van der Waals surface area (Å²) in [6.07, 6.45) is 1.69. The van der Waals surface area contributed by atoms with E-state index in [0.29, 0.717) is 0 Å². The summed E-state index contributed by atoms with van der Waals surface area (Å²) in [5.74, 6) is 1.26. The van der Waals surface area contributed by atoms with Crippen molar-refractivity contribution in [3.05, 3.63) is 138 Å². The Morgan fingerprint density at radius 1 is 0.684 bits per heavy atom. The quantitative estimate of drug-likeness (QED) is 0.345. The first-order valence-corrected chi connectivity index (χ1v) is 15.1. The summed E-state index contributed by atoms with van der Waals surface area (Å²) in [5.41, 5.74) is 5.36. The predicted molar refractivity (Wildman–Crippen MR) is 171 cm³/mol. The highest BCUT2D eigenvalue weighted by Crippen LogP contribution is 2.09. The summed E-state index contributed by atoms with van der Waals surface area (Å²) < 4.78 is 0. The number of nitrogens with zero attached hydrogens (tertiary/aromatic N) is 1. The SMILES string of the molecule is CC1=[NH+]CCS1.CCc1nccs1.c1ccc([B-](c2ccccc2)(c2ccccc2)c2ccccc2)cc1. The van der Waals surface area contributed by atoms with E-state index in [1.807, 2.05) is 23.3 Å². The smallest absolute Gasteiger partial charge is 0.206 e. The number of aryl methyl sites for hydroxylation is 1. The lowest BCUT2D eigenvalue weighted by Gasteiger charge is -2.44. The Hall–Kier alpha value is -3.41. The van der Waals surface area contributed by atoms with Crippen LogP contribution in [0.3, 0.4) is 0 Å². The van der Waals surface area contributed by atoms with E-state index in [4.69, 9.17) is 0 Å². The van der Waals surface area contributed by atoms with Crippen LogP contribution in [0.15, 0.2) is 133 Å². The minimum atomic E-state index is -1.22. The zero-order valence-electron chi connectivity index (χ0n) is 22.2. The van der Waals surface area contributed by atoms with Crippen LogP contribution < -0.4 is 26.8 Å². The van der Waals surface area contributed by atoms with E-state index in [1.54, 1.807) is 11.3 Å². The standard InChI is InChI=1S/C24H20B.C5H7NS.C4H7NS/c1-5-13-21(14-6-1)25(22-15-7-2-8-16-22,23-17-9-3-10-18-23)24-19-11-4-12-20-24;1-2-5-6-3-4-7-5;1-4-5-2-3-6-4/h1-20H;3-4H,2H2,1H3;2-3H2,1H3/q-1;;/p+1. The number of nitrogens with one attached hydrogen (secondary N) is 1. The van der Waals surface area contributed by atoms with Gasteiger partial charge in [-0.05, 0) is 6.42 Å². The lowest BCUT2D eigenvalue weighted by Crippen LogP contribution is -2.74. The van der Waals surface area contributed by atoms with Crippen LogP contribution in [0.5, 0.6) is 0 Å². The zero-order valence-corrected chi connectivity index (χ0v) is 23.8. The first-order valence-electron chi connectivity index (χ1n) is 13.2. The average Bonchev–Trinajstić information content (AvgIpc) is 3.71. The van der Waals surface area contributed by atoms with Crippen molar-refractivity contribution < 1.29 is 4.99 Å². The highest BCUT2D eigenvalue weighted by Gasteiger charge is 2.31.